The zero-order valence-corrected chi connectivity index (χ0v) is 17.6. The van der Waals surface area contributed by atoms with E-state index in [9.17, 15) is 15.3 Å². The van der Waals surface area contributed by atoms with Gasteiger partial charge in [0.05, 0.1) is 5.60 Å². The second-order valence-corrected chi connectivity index (χ2v) is 8.87. The molecule has 1 aliphatic rings. The number of likely N-dealkylation sites (tertiary alicyclic amines) is 1. The Kier molecular flexibility index (Phi) is 6.64. The third-order valence-electron chi connectivity index (χ3n) is 5.73. The molecule has 0 amide bonds. The van der Waals surface area contributed by atoms with Gasteiger partial charge in [0, 0.05) is 30.7 Å². The van der Waals surface area contributed by atoms with Crippen LogP contribution in [0.15, 0.2) is 48.5 Å². The fourth-order valence-electron chi connectivity index (χ4n) is 4.24. The lowest BCUT2D eigenvalue weighted by molar-refractivity contribution is -0.243. The summed E-state index contributed by atoms with van der Waals surface area (Å²) in [6.07, 6.45) is 1.11. The highest BCUT2D eigenvalue weighted by Gasteiger charge is 2.41. The number of hydrogen-bond acceptors (Lipinski definition) is 5. The Balaban J connectivity index is 1.94. The van der Waals surface area contributed by atoms with Gasteiger partial charge in [0.25, 0.3) is 0 Å². The van der Waals surface area contributed by atoms with Crippen LogP contribution in [0.2, 0.25) is 0 Å². The van der Waals surface area contributed by atoms with Crippen LogP contribution in [0, 0.1) is 0 Å². The van der Waals surface area contributed by atoms with Crippen LogP contribution in [0.1, 0.15) is 50.3 Å². The van der Waals surface area contributed by atoms with Crippen molar-refractivity contribution in [2.75, 3.05) is 19.7 Å². The predicted octanol–water partition coefficient (Wildman–Crippen LogP) is 3.40. The summed E-state index contributed by atoms with van der Waals surface area (Å²) < 4.78 is 5.74. The molecule has 1 unspecified atom stereocenters. The van der Waals surface area contributed by atoms with Crippen LogP contribution in [0.4, 0.5) is 0 Å². The summed E-state index contributed by atoms with van der Waals surface area (Å²) in [6.45, 7) is 7.16. The average molecular weight is 400 g/mol. The number of aliphatic hydroxyl groups excluding tert-OH is 2. The summed E-state index contributed by atoms with van der Waals surface area (Å²) in [7, 11) is 0. The largest absolute Gasteiger partial charge is 0.508 e. The van der Waals surface area contributed by atoms with Crippen molar-refractivity contribution in [3.05, 3.63) is 65.2 Å². The molecule has 158 valence electrons. The van der Waals surface area contributed by atoms with Crippen molar-refractivity contribution in [1.29, 1.82) is 0 Å². The molecule has 29 heavy (non-hydrogen) atoms. The minimum Gasteiger partial charge on any atom is -0.508 e. The Morgan fingerprint density at radius 3 is 2.31 bits per heavy atom. The van der Waals surface area contributed by atoms with Crippen molar-refractivity contribution in [3.8, 4) is 5.75 Å². The third kappa shape index (κ3) is 4.98. The van der Waals surface area contributed by atoms with E-state index in [1.807, 2.05) is 56.0 Å². The molecule has 1 heterocycles. The number of rotatable bonds is 6. The van der Waals surface area contributed by atoms with E-state index in [2.05, 4.69) is 12.1 Å². The summed E-state index contributed by atoms with van der Waals surface area (Å²) >= 11 is 0. The van der Waals surface area contributed by atoms with Gasteiger partial charge < -0.3 is 20.1 Å². The van der Waals surface area contributed by atoms with E-state index in [-0.39, 0.29) is 17.8 Å². The molecule has 3 rings (SSSR count). The van der Waals surface area contributed by atoms with Crippen LogP contribution in [-0.4, -0.2) is 51.9 Å². The van der Waals surface area contributed by atoms with Gasteiger partial charge in [-0.2, -0.15) is 0 Å². The molecule has 5 heteroatoms. The van der Waals surface area contributed by atoms with Crippen LogP contribution in [0.5, 0.6) is 5.75 Å². The first-order chi connectivity index (χ1) is 13.7. The van der Waals surface area contributed by atoms with Gasteiger partial charge in [-0.1, -0.05) is 42.5 Å². The second kappa shape index (κ2) is 8.84. The van der Waals surface area contributed by atoms with Crippen molar-refractivity contribution >= 4 is 0 Å². The molecule has 0 saturated carbocycles. The topological polar surface area (TPSA) is 73.2 Å². The molecule has 0 aromatic heterocycles. The number of ether oxygens (including phenoxy) is 1. The fourth-order valence-corrected chi connectivity index (χ4v) is 4.24. The lowest BCUT2D eigenvalue weighted by atomic mass is 9.67. The summed E-state index contributed by atoms with van der Waals surface area (Å²) in [5.74, 6) is 0.274. The maximum atomic E-state index is 10.8. The van der Waals surface area contributed by atoms with E-state index in [1.54, 1.807) is 6.07 Å². The zero-order valence-electron chi connectivity index (χ0n) is 17.6. The van der Waals surface area contributed by atoms with Crippen LogP contribution >= 0.6 is 0 Å². The smallest absolute Gasteiger partial charge is 0.216 e. The standard InChI is InChI=1S/C24H33NO4/c1-23(2,3)29-22(28)25-14-12-24(13-15-25,19-7-5-4-6-8-19)20-17-18(11-16-26)9-10-21(20)27/h4-10,17,22,26-28H,11-16H2,1-3H3. The van der Waals surface area contributed by atoms with Gasteiger partial charge in [0.2, 0.25) is 6.41 Å². The van der Waals surface area contributed by atoms with E-state index in [0.717, 1.165) is 29.5 Å². The summed E-state index contributed by atoms with van der Waals surface area (Å²) in [5.41, 5.74) is 2.27. The summed E-state index contributed by atoms with van der Waals surface area (Å²) in [6, 6.07) is 15.9. The lowest BCUT2D eigenvalue weighted by Crippen LogP contribution is -2.50. The van der Waals surface area contributed by atoms with Crippen molar-refractivity contribution in [2.24, 2.45) is 0 Å². The molecule has 1 saturated heterocycles. The Morgan fingerprint density at radius 2 is 1.72 bits per heavy atom. The van der Waals surface area contributed by atoms with Crippen LogP contribution in [0.3, 0.4) is 0 Å². The Bertz CT molecular complexity index is 792. The molecule has 2 aromatic carbocycles. The van der Waals surface area contributed by atoms with Crippen molar-refractivity contribution < 1.29 is 20.1 Å². The first kappa shape index (κ1) is 21.8. The lowest BCUT2D eigenvalue weighted by Gasteiger charge is -2.45. The van der Waals surface area contributed by atoms with Crippen LogP contribution in [0.25, 0.3) is 0 Å². The number of aromatic hydroxyl groups is 1. The van der Waals surface area contributed by atoms with Gasteiger partial charge >= 0.3 is 0 Å². The number of aliphatic hydroxyl groups is 2. The highest BCUT2D eigenvalue weighted by molar-refractivity contribution is 5.49. The maximum Gasteiger partial charge on any atom is 0.216 e. The van der Waals surface area contributed by atoms with E-state index >= 15 is 0 Å². The van der Waals surface area contributed by atoms with Crippen molar-refractivity contribution in [3.63, 3.8) is 0 Å². The van der Waals surface area contributed by atoms with E-state index in [0.29, 0.717) is 19.5 Å². The van der Waals surface area contributed by atoms with Gasteiger partial charge in [0.1, 0.15) is 5.75 Å². The molecule has 1 aliphatic heterocycles. The molecule has 5 nitrogen and oxygen atoms in total. The highest BCUT2D eigenvalue weighted by atomic mass is 16.6. The maximum absolute atomic E-state index is 10.8. The number of phenolic OH excluding ortho intramolecular Hbond substituents is 1. The third-order valence-corrected chi connectivity index (χ3v) is 5.73. The fraction of sp³-hybridized carbons (Fsp3) is 0.500. The van der Waals surface area contributed by atoms with Gasteiger partial charge in [-0.25, -0.2) is 0 Å². The molecule has 0 radical (unpaired) electrons. The quantitative estimate of drug-likeness (QED) is 0.650. The molecule has 2 aromatic rings. The Morgan fingerprint density at radius 1 is 1.07 bits per heavy atom. The van der Waals surface area contributed by atoms with Crippen molar-refractivity contribution in [2.45, 2.75) is 57.5 Å². The Labute approximate surface area is 173 Å². The summed E-state index contributed by atoms with van der Waals surface area (Å²) in [4.78, 5) is 1.95. The van der Waals surface area contributed by atoms with E-state index in [4.69, 9.17) is 4.74 Å². The van der Waals surface area contributed by atoms with Gasteiger partial charge in [0.15, 0.2) is 0 Å². The second-order valence-electron chi connectivity index (χ2n) is 8.87. The predicted molar refractivity (Wildman–Crippen MR) is 114 cm³/mol. The van der Waals surface area contributed by atoms with Gasteiger partial charge in [-0.05, 0) is 57.2 Å². The van der Waals surface area contributed by atoms with Gasteiger partial charge in [-0.15, -0.1) is 0 Å². The summed E-state index contributed by atoms with van der Waals surface area (Å²) in [5, 5.41) is 30.6. The molecule has 1 atom stereocenters. The van der Waals surface area contributed by atoms with Gasteiger partial charge in [-0.3, -0.25) is 4.90 Å². The molecule has 0 aliphatic carbocycles. The molecule has 0 bridgehead atoms. The molecule has 0 spiro atoms. The normalized spacial score (nSPS) is 18.5. The molecule has 1 fully saturated rings. The van der Waals surface area contributed by atoms with Crippen molar-refractivity contribution in [1.82, 2.24) is 4.90 Å². The number of hydrogen-bond donors (Lipinski definition) is 3. The Hall–Kier alpha value is -1.92. The van der Waals surface area contributed by atoms with Crippen LogP contribution in [-0.2, 0) is 16.6 Å². The number of phenols is 1. The van der Waals surface area contributed by atoms with E-state index in [1.165, 1.54) is 0 Å². The average Bonchev–Trinajstić information content (AvgIpc) is 2.69. The first-order valence-corrected chi connectivity index (χ1v) is 10.3. The molecular weight excluding hydrogens is 366 g/mol. The monoisotopic (exact) mass is 399 g/mol. The van der Waals surface area contributed by atoms with Crippen LogP contribution < -0.4 is 0 Å². The number of piperidine rings is 1. The minimum absolute atomic E-state index is 0.0761. The molecular formula is C24H33NO4. The highest BCUT2D eigenvalue weighted by Crippen LogP contribution is 2.45. The molecule has 3 N–H and O–H groups in total. The zero-order chi connectivity index (χ0) is 21.1. The number of benzene rings is 2. The van der Waals surface area contributed by atoms with E-state index < -0.39 is 12.0 Å². The first-order valence-electron chi connectivity index (χ1n) is 10.3. The number of nitrogens with zero attached hydrogens (tertiary/aromatic N) is 1. The SMILES string of the molecule is CC(C)(C)OC(O)N1CCC(c2ccccc2)(c2cc(CCO)ccc2O)CC1. The minimum atomic E-state index is -0.946.